The summed E-state index contributed by atoms with van der Waals surface area (Å²) in [7, 11) is 1.85. The number of carbonyl (C=O) groups excluding carboxylic acids is 1. The van der Waals surface area contributed by atoms with E-state index in [1.54, 1.807) is 15.6 Å². The van der Waals surface area contributed by atoms with Gasteiger partial charge in [-0.2, -0.15) is 5.10 Å². The van der Waals surface area contributed by atoms with Crippen LogP contribution >= 0.6 is 0 Å². The van der Waals surface area contributed by atoms with Crippen molar-refractivity contribution in [2.45, 2.75) is 26.3 Å². The molecule has 1 heterocycles. The number of nitrogens with zero attached hydrogens (tertiary/aromatic N) is 3. The van der Waals surface area contributed by atoms with Crippen LogP contribution in [0.3, 0.4) is 0 Å². The number of carbonyl (C=O) groups is 1. The molecule has 0 atom stereocenters. The Morgan fingerprint density at radius 1 is 1.67 bits per heavy atom. The van der Waals surface area contributed by atoms with Crippen LogP contribution in [-0.2, 0) is 6.54 Å². The summed E-state index contributed by atoms with van der Waals surface area (Å²) in [6.07, 6.45) is 4.38. The Morgan fingerprint density at radius 2 is 2.40 bits per heavy atom. The van der Waals surface area contributed by atoms with Gasteiger partial charge in [-0.05, 0) is 31.7 Å². The van der Waals surface area contributed by atoms with E-state index >= 15 is 0 Å². The first kappa shape index (κ1) is 10.2. The molecule has 4 heteroatoms. The number of aryl methyl sites for hydroxylation is 1. The number of hydrogen-bond donors (Lipinski definition) is 0. The van der Waals surface area contributed by atoms with Gasteiger partial charge in [0.1, 0.15) is 5.69 Å². The molecule has 15 heavy (non-hydrogen) atoms. The molecule has 1 saturated carbocycles. The van der Waals surface area contributed by atoms with E-state index in [0.29, 0.717) is 5.69 Å². The van der Waals surface area contributed by atoms with Crippen LogP contribution in [0.15, 0.2) is 12.3 Å². The Kier molecular flexibility index (Phi) is 2.75. The largest absolute Gasteiger partial charge is 0.340 e. The molecule has 0 radical (unpaired) electrons. The average molecular weight is 207 g/mol. The van der Waals surface area contributed by atoms with Gasteiger partial charge in [0.15, 0.2) is 0 Å². The molecule has 0 bridgehead atoms. The van der Waals surface area contributed by atoms with Crippen molar-refractivity contribution in [3.05, 3.63) is 18.0 Å². The predicted molar refractivity (Wildman–Crippen MR) is 57.6 cm³/mol. The Hall–Kier alpha value is -1.32. The zero-order chi connectivity index (χ0) is 10.8. The maximum atomic E-state index is 11.9. The molecule has 0 N–H and O–H groups in total. The Balaban J connectivity index is 1.98. The van der Waals surface area contributed by atoms with E-state index in [0.717, 1.165) is 19.0 Å². The number of aromatic nitrogens is 2. The zero-order valence-corrected chi connectivity index (χ0v) is 9.31. The summed E-state index contributed by atoms with van der Waals surface area (Å²) in [5, 5.41) is 4.20. The quantitative estimate of drug-likeness (QED) is 0.748. The Bertz CT molecular complexity index is 354. The molecule has 0 spiro atoms. The lowest BCUT2D eigenvalue weighted by Gasteiger charge is -2.14. The molecule has 2 rings (SSSR count). The highest BCUT2D eigenvalue weighted by Crippen LogP contribution is 2.29. The van der Waals surface area contributed by atoms with Crippen molar-refractivity contribution in [2.75, 3.05) is 13.6 Å². The number of hydrogen-bond acceptors (Lipinski definition) is 2. The SMILES string of the molecule is CCn1ccc(C(=O)N(C)CC2CC2)n1. The van der Waals surface area contributed by atoms with Crippen LogP contribution in [0.2, 0.25) is 0 Å². The molecule has 82 valence electrons. The Morgan fingerprint density at radius 3 is 2.93 bits per heavy atom. The van der Waals surface area contributed by atoms with Gasteiger partial charge in [-0.1, -0.05) is 0 Å². The summed E-state index contributed by atoms with van der Waals surface area (Å²) >= 11 is 0. The van der Waals surface area contributed by atoms with E-state index < -0.39 is 0 Å². The molecule has 4 nitrogen and oxygen atoms in total. The topological polar surface area (TPSA) is 38.1 Å². The minimum absolute atomic E-state index is 0.0362. The number of rotatable bonds is 4. The van der Waals surface area contributed by atoms with Gasteiger partial charge in [-0.25, -0.2) is 0 Å². The summed E-state index contributed by atoms with van der Waals surface area (Å²) < 4.78 is 1.78. The summed E-state index contributed by atoms with van der Waals surface area (Å²) in [6, 6.07) is 1.79. The molecule has 0 aromatic carbocycles. The number of amides is 1. The lowest BCUT2D eigenvalue weighted by atomic mass is 10.3. The molecule has 1 aromatic heterocycles. The highest BCUT2D eigenvalue weighted by molar-refractivity contribution is 5.92. The monoisotopic (exact) mass is 207 g/mol. The fraction of sp³-hybridized carbons (Fsp3) is 0.636. The molecular formula is C11H17N3O. The van der Waals surface area contributed by atoms with Gasteiger partial charge in [0.25, 0.3) is 5.91 Å². The molecule has 1 aliphatic rings. The lowest BCUT2D eigenvalue weighted by molar-refractivity contribution is 0.0782. The van der Waals surface area contributed by atoms with Gasteiger partial charge in [-0.15, -0.1) is 0 Å². The Labute approximate surface area is 89.9 Å². The van der Waals surface area contributed by atoms with Gasteiger partial charge in [0.05, 0.1) is 0 Å². The van der Waals surface area contributed by atoms with Crippen molar-refractivity contribution in [1.29, 1.82) is 0 Å². The van der Waals surface area contributed by atoms with Crippen LogP contribution in [0.25, 0.3) is 0 Å². The van der Waals surface area contributed by atoms with Crippen LogP contribution < -0.4 is 0 Å². The fourth-order valence-electron chi connectivity index (χ4n) is 1.62. The molecule has 1 aromatic rings. The normalized spacial score (nSPS) is 15.3. The van der Waals surface area contributed by atoms with Crippen molar-refractivity contribution in [2.24, 2.45) is 5.92 Å². The molecule has 1 aliphatic carbocycles. The second-order valence-electron chi connectivity index (χ2n) is 4.19. The molecule has 1 fully saturated rings. The van der Waals surface area contributed by atoms with Gasteiger partial charge in [0.2, 0.25) is 0 Å². The van der Waals surface area contributed by atoms with Crippen molar-refractivity contribution < 1.29 is 4.79 Å². The van der Waals surface area contributed by atoms with Crippen LogP contribution in [0.5, 0.6) is 0 Å². The van der Waals surface area contributed by atoms with E-state index in [1.165, 1.54) is 12.8 Å². The van der Waals surface area contributed by atoms with Crippen LogP contribution in [-0.4, -0.2) is 34.2 Å². The van der Waals surface area contributed by atoms with Crippen molar-refractivity contribution in [3.63, 3.8) is 0 Å². The molecule has 0 aliphatic heterocycles. The third kappa shape index (κ3) is 2.37. The standard InChI is InChI=1S/C11H17N3O/c1-3-14-7-6-10(12-14)11(15)13(2)8-9-4-5-9/h6-7,9H,3-5,8H2,1-2H3. The van der Waals surface area contributed by atoms with Gasteiger partial charge in [0, 0.05) is 26.3 Å². The van der Waals surface area contributed by atoms with E-state index in [-0.39, 0.29) is 5.91 Å². The predicted octanol–water partition coefficient (Wildman–Crippen LogP) is 1.39. The summed E-state index contributed by atoms with van der Waals surface area (Å²) in [5.41, 5.74) is 0.556. The maximum Gasteiger partial charge on any atom is 0.274 e. The van der Waals surface area contributed by atoms with Crippen LogP contribution in [0.1, 0.15) is 30.3 Å². The van der Waals surface area contributed by atoms with E-state index in [9.17, 15) is 4.79 Å². The minimum Gasteiger partial charge on any atom is -0.340 e. The van der Waals surface area contributed by atoms with E-state index in [4.69, 9.17) is 0 Å². The third-order valence-corrected chi connectivity index (χ3v) is 2.76. The summed E-state index contributed by atoms with van der Waals surface area (Å²) in [5.74, 6) is 0.765. The lowest BCUT2D eigenvalue weighted by Crippen LogP contribution is -2.29. The second-order valence-corrected chi connectivity index (χ2v) is 4.19. The highest BCUT2D eigenvalue weighted by atomic mass is 16.2. The van der Waals surface area contributed by atoms with Crippen molar-refractivity contribution in [3.8, 4) is 0 Å². The fourth-order valence-corrected chi connectivity index (χ4v) is 1.62. The van der Waals surface area contributed by atoms with Gasteiger partial charge >= 0.3 is 0 Å². The van der Waals surface area contributed by atoms with Crippen LogP contribution in [0, 0.1) is 5.92 Å². The second kappa shape index (κ2) is 4.04. The van der Waals surface area contributed by atoms with Gasteiger partial charge < -0.3 is 4.90 Å². The minimum atomic E-state index is 0.0362. The molecule has 0 unspecified atom stereocenters. The molecular weight excluding hydrogens is 190 g/mol. The van der Waals surface area contributed by atoms with Crippen LogP contribution in [0.4, 0.5) is 0 Å². The molecule has 0 saturated heterocycles. The molecule has 1 amide bonds. The first-order valence-corrected chi connectivity index (χ1v) is 5.49. The average Bonchev–Trinajstić information content (AvgIpc) is 2.92. The van der Waals surface area contributed by atoms with Gasteiger partial charge in [-0.3, -0.25) is 9.48 Å². The van der Waals surface area contributed by atoms with Crippen molar-refractivity contribution >= 4 is 5.91 Å². The van der Waals surface area contributed by atoms with E-state index in [2.05, 4.69) is 5.10 Å². The smallest absolute Gasteiger partial charge is 0.274 e. The van der Waals surface area contributed by atoms with Crippen molar-refractivity contribution in [1.82, 2.24) is 14.7 Å². The first-order chi connectivity index (χ1) is 7.20. The zero-order valence-electron chi connectivity index (χ0n) is 9.31. The third-order valence-electron chi connectivity index (χ3n) is 2.76. The first-order valence-electron chi connectivity index (χ1n) is 5.49. The summed E-state index contributed by atoms with van der Waals surface area (Å²) in [4.78, 5) is 13.7. The highest BCUT2D eigenvalue weighted by Gasteiger charge is 2.25. The maximum absolute atomic E-state index is 11.9. The van der Waals surface area contributed by atoms with E-state index in [1.807, 2.05) is 20.2 Å². The summed E-state index contributed by atoms with van der Waals surface area (Å²) in [6.45, 7) is 3.69.